The van der Waals surface area contributed by atoms with E-state index in [0.29, 0.717) is 6.54 Å². The smallest absolute Gasteiger partial charge is 0.165 e. The van der Waals surface area contributed by atoms with Crippen LogP contribution in [0.25, 0.3) is 0 Å². The first kappa shape index (κ1) is 15.1. The molecule has 4 heteroatoms. The van der Waals surface area contributed by atoms with Gasteiger partial charge in [-0.25, -0.2) is 0 Å². The quantitative estimate of drug-likeness (QED) is 0.751. The molecule has 0 spiro atoms. The lowest BCUT2D eigenvalue weighted by molar-refractivity contribution is 0.0974. The molecular weight excluding hydrogens is 254 g/mol. The minimum atomic E-state index is -0.508. The summed E-state index contributed by atoms with van der Waals surface area (Å²) in [5, 5.41) is 13.0. The predicted octanol–water partition coefficient (Wildman–Crippen LogP) is 2.14. The van der Waals surface area contributed by atoms with Crippen molar-refractivity contribution in [1.29, 1.82) is 0 Å². The van der Waals surface area contributed by atoms with Gasteiger partial charge in [0.2, 0.25) is 0 Å². The summed E-state index contributed by atoms with van der Waals surface area (Å²) >= 11 is 0. The third-order valence-electron chi connectivity index (χ3n) is 3.29. The maximum Gasteiger partial charge on any atom is 0.165 e. The molecule has 4 nitrogen and oxygen atoms in total. The van der Waals surface area contributed by atoms with Gasteiger partial charge < -0.3 is 19.9 Å². The Morgan fingerprint density at radius 2 is 2.25 bits per heavy atom. The summed E-state index contributed by atoms with van der Waals surface area (Å²) in [6.07, 6.45) is 1.44. The van der Waals surface area contributed by atoms with E-state index in [2.05, 4.69) is 32.2 Å². The Labute approximate surface area is 121 Å². The van der Waals surface area contributed by atoms with Gasteiger partial charge in [-0.05, 0) is 32.9 Å². The second-order valence-electron chi connectivity index (χ2n) is 5.95. The second-order valence-corrected chi connectivity index (χ2v) is 5.95. The Kier molecular flexibility index (Phi) is 4.89. The van der Waals surface area contributed by atoms with Gasteiger partial charge in [-0.3, -0.25) is 0 Å². The lowest BCUT2D eigenvalue weighted by Crippen LogP contribution is -2.31. The van der Waals surface area contributed by atoms with E-state index >= 15 is 0 Å². The molecule has 0 radical (unpaired) electrons. The minimum Gasteiger partial charge on any atom is -0.487 e. The zero-order chi connectivity index (χ0) is 14.6. The van der Waals surface area contributed by atoms with Gasteiger partial charge in [0.15, 0.2) is 11.5 Å². The van der Waals surface area contributed by atoms with Crippen molar-refractivity contribution in [2.24, 2.45) is 0 Å². The highest BCUT2D eigenvalue weighted by atomic mass is 16.5. The molecule has 1 aromatic rings. The molecule has 0 amide bonds. The van der Waals surface area contributed by atoms with Crippen LogP contribution in [0.5, 0.6) is 11.5 Å². The molecule has 1 heterocycles. The van der Waals surface area contributed by atoms with Crippen LogP contribution in [0.3, 0.4) is 0 Å². The molecule has 1 aromatic carbocycles. The molecule has 0 aromatic heterocycles. The van der Waals surface area contributed by atoms with Crippen LogP contribution < -0.4 is 14.8 Å². The van der Waals surface area contributed by atoms with Crippen molar-refractivity contribution in [2.45, 2.75) is 45.3 Å². The van der Waals surface area contributed by atoms with Crippen LogP contribution in [0, 0.1) is 0 Å². The third kappa shape index (κ3) is 3.87. The van der Waals surface area contributed by atoms with Crippen molar-refractivity contribution in [3.05, 3.63) is 23.8 Å². The van der Waals surface area contributed by atoms with Crippen molar-refractivity contribution in [3.63, 3.8) is 0 Å². The van der Waals surface area contributed by atoms with E-state index in [0.717, 1.165) is 30.9 Å². The molecular formula is C16H25NO3. The molecule has 0 saturated heterocycles. The first-order valence-electron chi connectivity index (χ1n) is 7.34. The average Bonchev–Trinajstić information content (AvgIpc) is 2.71. The summed E-state index contributed by atoms with van der Waals surface area (Å²) in [7, 11) is 0. The van der Waals surface area contributed by atoms with Gasteiger partial charge >= 0.3 is 0 Å². The van der Waals surface area contributed by atoms with E-state index in [1.165, 1.54) is 5.56 Å². The Hall–Kier alpha value is -1.26. The number of benzene rings is 1. The zero-order valence-corrected chi connectivity index (χ0v) is 12.6. The van der Waals surface area contributed by atoms with Crippen LogP contribution >= 0.6 is 0 Å². The van der Waals surface area contributed by atoms with Gasteiger partial charge in [-0.2, -0.15) is 0 Å². The number of fused-ring (bicyclic) bond motifs is 1. The third-order valence-corrected chi connectivity index (χ3v) is 3.29. The Morgan fingerprint density at radius 3 is 3.00 bits per heavy atom. The van der Waals surface area contributed by atoms with Gasteiger partial charge in [0, 0.05) is 18.5 Å². The largest absolute Gasteiger partial charge is 0.487 e. The van der Waals surface area contributed by atoms with Crippen molar-refractivity contribution >= 4 is 0 Å². The predicted molar refractivity (Wildman–Crippen MR) is 79.5 cm³/mol. The van der Waals surface area contributed by atoms with Gasteiger partial charge in [0.25, 0.3) is 0 Å². The standard InChI is InChI=1S/C16H25NO3/c1-4-8-17-10-13(18)11-19-14-7-5-6-12-9-16(2,3)20-15(12)14/h5-7,13,17-18H,4,8-11H2,1-3H3. The fraction of sp³-hybridized carbons (Fsp3) is 0.625. The Morgan fingerprint density at radius 1 is 1.45 bits per heavy atom. The molecule has 0 bridgehead atoms. The number of aliphatic hydroxyl groups is 1. The molecule has 1 aliphatic rings. The van der Waals surface area contributed by atoms with Crippen LogP contribution in [0.15, 0.2) is 18.2 Å². The number of aliphatic hydroxyl groups excluding tert-OH is 1. The van der Waals surface area contributed by atoms with E-state index in [1.54, 1.807) is 0 Å². The summed E-state index contributed by atoms with van der Waals surface area (Å²) in [4.78, 5) is 0. The monoisotopic (exact) mass is 279 g/mol. The van der Waals surface area contributed by atoms with Gasteiger partial charge in [0.1, 0.15) is 18.3 Å². The van der Waals surface area contributed by atoms with Crippen molar-refractivity contribution < 1.29 is 14.6 Å². The number of para-hydroxylation sites is 1. The molecule has 1 atom stereocenters. The summed E-state index contributed by atoms with van der Waals surface area (Å²) in [5.74, 6) is 1.55. The number of hydrogen-bond acceptors (Lipinski definition) is 4. The molecule has 112 valence electrons. The molecule has 2 rings (SSSR count). The van der Waals surface area contributed by atoms with Crippen LogP contribution in [0.1, 0.15) is 32.8 Å². The molecule has 0 saturated carbocycles. The second kappa shape index (κ2) is 6.46. The average molecular weight is 279 g/mol. The van der Waals surface area contributed by atoms with E-state index in [1.807, 2.05) is 12.1 Å². The lowest BCUT2D eigenvalue weighted by Gasteiger charge is -2.19. The van der Waals surface area contributed by atoms with E-state index in [-0.39, 0.29) is 12.2 Å². The van der Waals surface area contributed by atoms with Crippen LogP contribution in [0.2, 0.25) is 0 Å². The molecule has 0 aliphatic carbocycles. The number of hydrogen-bond donors (Lipinski definition) is 2. The lowest BCUT2D eigenvalue weighted by atomic mass is 10.0. The fourth-order valence-electron chi connectivity index (χ4n) is 2.39. The van der Waals surface area contributed by atoms with Crippen LogP contribution in [0.4, 0.5) is 0 Å². The molecule has 2 N–H and O–H groups in total. The van der Waals surface area contributed by atoms with Gasteiger partial charge in [0.05, 0.1) is 0 Å². The normalized spacial score (nSPS) is 17.4. The van der Waals surface area contributed by atoms with Crippen molar-refractivity contribution in [3.8, 4) is 11.5 Å². The maximum atomic E-state index is 9.86. The summed E-state index contributed by atoms with van der Waals surface area (Å²) < 4.78 is 11.7. The Balaban J connectivity index is 1.90. The first-order valence-corrected chi connectivity index (χ1v) is 7.34. The molecule has 1 unspecified atom stereocenters. The van der Waals surface area contributed by atoms with Gasteiger partial charge in [-0.15, -0.1) is 0 Å². The van der Waals surface area contributed by atoms with Gasteiger partial charge in [-0.1, -0.05) is 19.1 Å². The van der Waals surface area contributed by atoms with Crippen molar-refractivity contribution in [1.82, 2.24) is 5.32 Å². The SMILES string of the molecule is CCCNCC(O)COc1cccc2c1OC(C)(C)C2. The van der Waals surface area contributed by atoms with Crippen LogP contribution in [-0.4, -0.2) is 36.5 Å². The molecule has 1 aliphatic heterocycles. The topological polar surface area (TPSA) is 50.7 Å². The number of nitrogens with one attached hydrogen (secondary N) is 1. The zero-order valence-electron chi connectivity index (χ0n) is 12.6. The molecule has 20 heavy (non-hydrogen) atoms. The van der Waals surface area contributed by atoms with Crippen molar-refractivity contribution in [2.75, 3.05) is 19.7 Å². The minimum absolute atomic E-state index is 0.177. The highest BCUT2D eigenvalue weighted by Gasteiger charge is 2.32. The molecule has 0 fully saturated rings. The maximum absolute atomic E-state index is 9.86. The number of ether oxygens (including phenoxy) is 2. The highest BCUT2D eigenvalue weighted by Crippen LogP contribution is 2.41. The summed E-state index contributed by atoms with van der Waals surface area (Å²) in [5.41, 5.74) is 0.995. The first-order chi connectivity index (χ1) is 9.52. The Bertz CT molecular complexity index is 445. The van der Waals surface area contributed by atoms with E-state index in [4.69, 9.17) is 9.47 Å². The van der Waals surface area contributed by atoms with E-state index in [9.17, 15) is 5.11 Å². The highest BCUT2D eigenvalue weighted by molar-refractivity contribution is 5.50. The summed E-state index contributed by atoms with van der Waals surface area (Å²) in [6.45, 7) is 7.98. The fourth-order valence-corrected chi connectivity index (χ4v) is 2.39. The summed E-state index contributed by atoms with van der Waals surface area (Å²) in [6, 6.07) is 5.93. The van der Waals surface area contributed by atoms with E-state index < -0.39 is 6.10 Å². The number of rotatable bonds is 7. The van der Waals surface area contributed by atoms with Crippen LogP contribution in [-0.2, 0) is 6.42 Å².